The lowest BCUT2D eigenvalue weighted by molar-refractivity contribution is 0.0531. The molecule has 1 aromatic carbocycles. The van der Waals surface area contributed by atoms with Crippen molar-refractivity contribution in [3.8, 4) is 11.8 Å². The highest BCUT2D eigenvalue weighted by Gasteiger charge is 2.23. The number of nitriles is 1. The molecule has 0 saturated carbocycles. The molecule has 27 heavy (non-hydrogen) atoms. The van der Waals surface area contributed by atoms with E-state index in [0.29, 0.717) is 16.9 Å². The van der Waals surface area contributed by atoms with Crippen molar-refractivity contribution in [2.45, 2.75) is 13.8 Å². The van der Waals surface area contributed by atoms with Gasteiger partial charge in [-0.15, -0.1) is 11.3 Å². The molecule has 3 rings (SSSR count). The first kappa shape index (κ1) is 18.5. The van der Waals surface area contributed by atoms with Gasteiger partial charge in [0.25, 0.3) is 5.91 Å². The number of benzene rings is 1. The van der Waals surface area contributed by atoms with Gasteiger partial charge in [-0.1, -0.05) is 12.1 Å². The zero-order valence-corrected chi connectivity index (χ0v) is 15.7. The van der Waals surface area contributed by atoms with Crippen LogP contribution in [0, 0.1) is 18.3 Å². The molecule has 0 aliphatic carbocycles. The second kappa shape index (κ2) is 7.51. The summed E-state index contributed by atoms with van der Waals surface area (Å²) in [6, 6.07) is 8.93. The summed E-state index contributed by atoms with van der Waals surface area (Å²) >= 11 is 1.00. The molecule has 0 aliphatic heterocycles. The summed E-state index contributed by atoms with van der Waals surface area (Å²) < 4.78 is 15.8. The van der Waals surface area contributed by atoms with E-state index in [1.54, 1.807) is 38.1 Å². The standard InChI is InChI=1S/C19H16N2O5S/c1-4-25-19(23)16-10(2)12(9-20)18(27-16)21-17(22)14-8-11-6-5-7-13(24-3)15(11)26-14/h5-8H,4H2,1-3H3,(H,21,22). The zero-order valence-electron chi connectivity index (χ0n) is 14.9. The fourth-order valence-corrected chi connectivity index (χ4v) is 3.65. The Kier molecular flexibility index (Phi) is 5.14. The number of anilines is 1. The lowest BCUT2D eigenvalue weighted by atomic mass is 10.2. The van der Waals surface area contributed by atoms with Gasteiger partial charge in [0, 0.05) is 5.39 Å². The van der Waals surface area contributed by atoms with E-state index in [1.807, 2.05) is 6.07 Å². The van der Waals surface area contributed by atoms with Gasteiger partial charge >= 0.3 is 5.97 Å². The van der Waals surface area contributed by atoms with E-state index >= 15 is 0 Å². The average Bonchev–Trinajstić information content (AvgIpc) is 3.22. The SMILES string of the molecule is CCOC(=O)c1sc(NC(=O)c2cc3cccc(OC)c3o2)c(C#N)c1C. The van der Waals surface area contributed by atoms with Crippen molar-refractivity contribution < 1.29 is 23.5 Å². The molecular formula is C19H16N2O5S. The highest BCUT2D eigenvalue weighted by atomic mass is 32.1. The maximum Gasteiger partial charge on any atom is 0.348 e. The number of thiophene rings is 1. The molecule has 7 nitrogen and oxygen atoms in total. The molecule has 2 heterocycles. The number of nitrogens with one attached hydrogen (secondary N) is 1. The molecular weight excluding hydrogens is 368 g/mol. The Morgan fingerprint density at radius 2 is 2.15 bits per heavy atom. The monoisotopic (exact) mass is 384 g/mol. The molecule has 0 radical (unpaired) electrons. The number of para-hydroxylation sites is 1. The number of esters is 1. The molecule has 2 aromatic heterocycles. The number of carbonyl (C=O) groups excluding carboxylic acids is 2. The van der Waals surface area contributed by atoms with E-state index in [1.165, 1.54) is 7.11 Å². The Labute approximate surface area is 159 Å². The second-order valence-corrected chi connectivity index (χ2v) is 6.56. The first-order chi connectivity index (χ1) is 13.0. The Hall–Kier alpha value is -3.31. The van der Waals surface area contributed by atoms with E-state index in [0.717, 1.165) is 16.7 Å². The van der Waals surface area contributed by atoms with Crippen molar-refractivity contribution in [1.82, 2.24) is 0 Å². The van der Waals surface area contributed by atoms with Gasteiger partial charge < -0.3 is 19.2 Å². The lowest BCUT2D eigenvalue weighted by Gasteiger charge is -2.01. The highest BCUT2D eigenvalue weighted by molar-refractivity contribution is 7.18. The van der Waals surface area contributed by atoms with Crippen LogP contribution in [0.2, 0.25) is 0 Å². The number of hydrogen-bond donors (Lipinski definition) is 1. The highest BCUT2D eigenvalue weighted by Crippen LogP contribution is 2.34. The van der Waals surface area contributed by atoms with Crippen molar-refractivity contribution in [1.29, 1.82) is 5.26 Å². The number of methoxy groups -OCH3 is 1. The van der Waals surface area contributed by atoms with Crippen molar-refractivity contribution in [2.24, 2.45) is 0 Å². The number of nitrogens with zero attached hydrogens (tertiary/aromatic N) is 1. The number of rotatable bonds is 5. The number of fused-ring (bicyclic) bond motifs is 1. The number of amides is 1. The third-order valence-corrected chi connectivity index (χ3v) is 5.09. The van der Waals surface area contributed by atoms with Gasteiger partial charge in [-0.3, -0.25) is 4.79 Å². The van der Waals surface area contributed by atoms with Crippen LogP contribution in [0.5, 0.6) is 5.75 Å². The fourth-order valence-electron chi connectivity index (χ4n) is 2.60. The molecule has 0 bridgehead atoms. The van der Waals surface area contributed by atoms with Crippen LogP contribution in [0.25, 0.3) is 11.0 Å². The summed E-state index contributed by atoms with van der Waals surface area (Å²) in [6.45, 7) is 3.56. The zero-order chi connectivity index (χ0) is 19.6. The smallest absolute Gasteiger partial charge is 0.348 e. The topological polar surface area (TPSA) is 102 Å². The summed E-state index contributed by atoms with van der Waals surface area (Å²) in [5.74, 6) is -0.463. The Bertz CT molecular complexity index is 1070. The predicted octanol–water partition coefficient (Wildman–Crippen LogP) is 4.11. The summed E-state index contributed by atoms with van der Waals surface area (Å²) in [4.78, 5) is 24.9. The number of carbonyl (C=O) groups is 2. The Morgan fingerprint density at radius 1 is 1.37 bits per heavy atom. The van der Waals surface area contributed by atoms with Crippen molar-refractivity contribution in [3.05, 3.63) is 46.0 Å². The van der Waals surface area contributed by atoms with Crippen LogP contribution in [-0.2, 0) is 4.74 Å². The summed E-state index contributed by atoms with van der Waals surface area (Å²) in [6.07, 6.45) is 0. The molecule has 1 N–H and O–H groups in total. The van der Waals surface area contributed by atoms with Gasteiger partial charge in [-0.2, -0.15) is 5.26 Å². The Morgan fingerprint density at radius 3 is 2.81 bits per heavy atom. The molecule has 0 unspecified atom stereocenters. The van der Waals surface area contributed by atoms with Gasteiger partial charge in [0.2, 0.25) is 0 Å². The fraction of sp³-hybridized carbons (Fsp3) is 0.211. The van der Waals surface area contributed by atoms with Gasteiger partial charge in [0.15, 0.2) is 17.1 Å². The maximum atomic E-state index is 12.6. The van der Waals surface area contributed by atoms with Crippen LogP contribution in [0.3, 0.4) is 0 Å². The minimum atomic E-state index is -0.526. The minimum absolute atomic E-state index is 0.0714. The third kappa shape index (κ3) is 3.37. The third-order valence-electron chi connectivity index (χ3n) is 3.90. The molecule has 8 heteroatoms. The number of furan rings is 1. The van der Waals surface area contributed by atoms with Gasteiger partial charge in [0.05, 0.1) is 19.3 Å². The quantitative estimate of drug-likeness (QED) is 0.664. The summed E-state index contributed by atoms with van der Waals surface area (Å²) in [5, 5.41) is 13.0. The van der Waals surface area contributed by atoms with Crippen LogP contribution in [-0.4, -0.2) is 25.6 Å². The maximum absolute atomic E-state index is 12.6. The predicted molar refractivity (Wildman–Crippen MR) is 100 cm³/mol. The van der Waals surface area contributed by atoms with Crippen LogP contribution in [0.1, 0.15) is 38.3 Å². The molecule has 138 valence electrons. The first-order valence-electron chi connectivity index (χ1n) is 8.08. The van der Waals surface area contributed by atoms with Gasteiger partial charge in [-0.05, 0) is 31.5 Å². The molecule has 0 aliphatic rings. The average molecular weight is 384 g/mol. The number of ether oxygens (including phenoxy) is 2. The van der Waals surface area contributed by atoms with Crippen LogP contribution in [0.4, 0.5) is 5.00 Å². The summed E-state index contributed by atoms with van der Waals surface area (Å²) in [5.41, 5.74) is 1.16. The van der Waals surface area contributed by atoms with Crippen molar-refractivity contribution in [2.75, 3.05) is 19.0 Å². The van der Waals surface area contributed by atoms with Crippen molar-refractivity contribution in [3.63, 3.8) is 0 Å². The molecule has 0 spiro atoms. The van der Waals surface area contributed by atoms with Crippen molar-refractivity contribution >= 4 is 39.2 Å². The van der Waals surface area contributed by atoms with E-state index in [4.69, 9.17) is 13.9 Å². The molecule has 0 fully saturated rings. The number of hydrogen-bond acceptors (Lipinski definition) is 7. The largest absolute Gasteiger partial charge is 0.493 e. The molecule has 0 saturated heterocycles. The molecule has 0 atom stereocenters. The summed E-state index contributed by atoms with van der Waals surface area (Å²) in [7, 11) is 1.52. The normalized spacial score (nSPS) is 10.4. The molecule has 3 aromatic rings. The van der Waals surface area contributed by atoms with Crippen LogP contribution < -0.4 is 10.1 Å². The van der Waals surface area contributed by atoms with Gasteiger partial charge in [0.1, 0.15) is 15.9 Å². The van der Waals surface area contributed by atoms with E-state index < -0.39 is 11.9 Å². The van der Waals surface area contributed by atoms with E-state index in [9.17, 15) is 14.9 Å². The lowest BCUT2D eigenvalue weighted by Crippen LogP contribution is -2.10. The minimum Gasteiger partial charge on any atom is -0.493 e. The van der Waals surface area contributed by atoms with Crippen LogP contribution in [0.15, 0.2) is 28.7 Å². The Balaban J connectivity index is 1.93. The second-order valence-electron chi connectivity index (χ2n) is 5.54. The van der Waals surface area contributed by atoms with Crippen LogP contribution >= 0.6 is 11.3 Å². The first-order valence-corrected chi connectivity index (χ1v) is 8.90. The van der Waals surface area contributed by atoms with E-state index in [2.05, 4.69) is 5.32 Å². The van der Waals surface area contributed by atoms with E-state index in [-0.39, 0.29) is 27.8 Å². The molecule has 1 amide bonds. The van der Waals surface area contributed by atoms with Gasteiger partial charge in [-0.25, -0.2) is 4.79 Å².